The maximum atomic E-state index is 4.38. The van der Waals surface area contributed by atoms with Crippen LogP contribution in [0.3, 0.4) is 0 Å². The van der Waals surface area contributed by atoms with Crippen molar-refractivity contribution in [3.63, 3.8) is 0 Å². The molecule has 0 bridgehead atoms. The second kappa shape index (κ2) is 4.28. The first-order valence-corrected chi connectivity index (χ1v) is 5.66. The first-order chi connectivity index (χ1) is 7.35. The van der Waals surface area contributed by atoms with Crippen LogP contribution in [0.2, 0.25) is 0 Å². The first kappa shape index (κ1) is 9.94. The summed E-state index contributed by atoms with van der Waals surface area (Å²) in [6.45, 7) is 1.79. The normalized spacial score (nSPS) is 9.73. The molecule has 2 rings (SSSR count). The molecule has 74 valence electrons. The quantitative estimate of drug-likeness (QED) is 0.415. The highest BCUT2D eigenvalue weighted by molar-refractivity contribution is 7.98. The molecule has 3 nitrogen and oxygen atoms in total. The summed E-state index contributed by atoms with van der Waals surface area (Å²) in [5.74, 6) is 5.77. The van der Waals surface area contributed by atoms with E-state index >= 15 is 0 Å². The van der Waals surface area contributed by atoms with Crippen molar-refractivity contribution in [3.8, 4) is 11.8 Å². The van der Waals surface area contributed by atoms with E-state index in [1.807, 2.05) is 12.3 Å². The third-order valence-electron chi connectivity index (χ3n) is 1.91. The van der Waals surface area contributed by atoms with E-state index < -0.39 is 0 Å². The van der Waals surface area contributed by atoms with Crippen molar-refractivity contribution in [2.24, 2.45) is 0 Å². The van der Waals surface area contributed by atoms with Crippen LogP contribution in [0, 0.1) is 11.8 Å². The fraction of sp³-hybridized carbons (Fsp3) is 0.182. The zero-order valence-electron chi connectivity index (χ0n) is 8.48. The van der Waals surface area contributed by atoms with E-state index in [2.05, 4.69) is 26.8 Å². The van der Waals surface area contributed by atoms with Crippen LogP contribution in [0.4, 0.5) is 0 Å². The first-order valence-electron chi connectivity index (χ1n) is 4.43. The van der Waals surface area contributed by atoms with Crippen LogP contribution in [0.15, 0.2) is 23.6 Å². The Kier molecular flexibility index (Phi) is 2.84. The molecular formula is C11H9N3S. The van der Waals surface area contributed by atoms with Crippen LogP contribution >= 0.6 is 11.8 Å². The van der Waals surface area contributed by atoms with E-state index in [0.717, 1.165) is 21.8 Å². The highest BCUT2D eigenvalue weighted by atomic mass is 32.2. The molecule has 0 aliphatic rings. The third kappa shape index (κ3) is 1.92. The summed E-state index contributed by atoms with van der Waals surface area (Å²) in [7, 11) is 0. The third-order valence-corrected chi connectivity index (χ3v) is 2.48. The summed E-state index contributed by atoms with van der Waals surface area (Å²) in [5.41, 5.74) is 1.63. The number of aromatic nitrogens is 3. The van der Waals surface area contributed by atoms with Gasteiger partial charge >= 0.3 is 0 Å². The maximum absolute atomic E-state index is 4.38. The fourth-order valence-electron chi connectivity index (χ4n) is 1.26. The Balaban J connectivity index is 2.70. The molecule has 0 N–H and O–H groups in total. The summed E-state index contributed by atoms with van der Waals surface area (Å²) in [4.78, 5) is 12.8. The summed E-state index contributed by atoms with van der Waals surface area (Å²) in [6.07, 6.45) is 5.45. The molecule has 0 radical (unpaired) electrons. The number of thioether (sulfide) groups is 1. The average molecular weight is 215 g/mol. The molecule has 0 saturated heterocycles. The molecule has 2 heterocycles. The lowest BCUT2D eigenvalue weighted by Crippen LogP contribution is -1.91. The van der Waals surface area contributed by atoms with Crippen molar-refractivity contribution in [2.45, 2.75) is 12.1 Å². The molecule has 0 atom stereocenters. The zero-order chi connectivity index (χ0) is 10.7. The predicted octanol–water partition coefficient (Wildman–Crippen LogP) is 2.12. The van der Waals surface area contributed by atoms with Crippen molar-refractivity contribution >= 4 is 22.7 Å². The molecule has 0 saturated carbocycles. The minimum Gasteiger partial charge on any atom is -0.247 e. The molecular weight excluding hydrogens is 206 g/mol. The van der Waals surface area contributed by atoms with E-state index in [1.165, 1.54) is 11.8 Å². The van der Waals surface area contributed by atoms with Crippen molar-refractivity contribution in [1.29, 1.82) is 0 Å². The van der Waals surface area contributed by atoms with E-state index in [9.17, 15) is 0 Å². The smallest absolute Gasteiger partial charge is 0.187 e. The SMILES string of the molecule is CC#Cc1nccc2nc(SC)ncc12. The Morgan fingerprint density at radius 1 is 1.33 bits per heavy atom. The number of hydrogen-bond acceptors (Lipinski definition) is 4. The standard InChI is InChI=1S/C11H9N3S/c1-3-4-9-8-7-13-11(15-2)14-10(8)5-6-12-9/h5-7H,1-2H3. The predicted molar refractivity (Wildman–Crippen MR) is 61.7 cm³/mol. The molecule has 0 unspecified atom stereocenters. The van der Waals surface area contributed by atoms with Gasteiger partial charge in [0, 0.05) is 12.4 Å². The maximum Gasteiger partial charge on any atom is 0.187 e. The molecule has 0 aliphatic heterocycles. The van der Waals surface area contributed by atoms with E-state index in [-0.39, 0.29) is 0 Å². The van der Waals surface area contributed by atoms with Crippen molar-refractivity contribution in [1.82, 2.24) is 15.0 Å². The second-order valence-electron chi connectivity index (χ2n) is 2.82. The van der Waals surface area contributed by atoms with Crippen molar-refractivity contribution < 1.29 is 0 Å². The van der Waals surface area contributed by atoms with Crippen molar-refractivity contribution in [3.05, 3.63) is 24.2 Å². The number of nitrogens with zero attached hydrogens (tertiary/aromatic N) is 3. The highest BCUT2D eigenvalue weighted by Gasteiger charge is 2.02. The van der Waals surface area contributed by atoms with Crippen molar-refractivity contribution in [2.75, 3.05) is 6.26 Å². The lowest BCUT2D eigenvalue weighted by molar-refractivity contribution is 1.00. The minimum absolute atomic E-state index is 0.739. The molecule has 0 aliphatic carbocycles. The fourth-order valence-corrected chi connectivity index (χ4v) is 1.60. The van der Waals surface area contributed by atoms with Gasteiger partial charge in [0.1, 0.15) is 5.69 Å². The van der Waals surface area contributed by atoms with Gasteiger partial charge in [-0.25, -0.2) is 15.0 Å². The Hall–Kier alpha value is -1.60. The number of rotatable bonds is 1. The number of hydrogen-bond donors (Lipinski definition) is 0. The number of fused-ring (bicyclic) bond motifs is 1. The lowest BCUT2D eigenvalue weighted by Gasteiger charge is -2.00. The zero-order valence-corrected chi connectivity index (χ0v) is 9.30. The second-order valence-corrected chi connectivity index (χ2v) is 3.60. The van der Waals surface area contributed by atoms with Crippen LogP contribution < -0.4 is 0 Å². The molecule has 15 heavy (non-hydrogen) atoms. The van der Waals surface area contributed by atoms with Gasteiger partial charge in [0.2, 0.25) is 0 Å². The summed E-state index contributed by atoms with van der Waals surface area (Å²) >= 11 is 1.52. The van der Waals surface area contributed by atoms with Gasteiger partial charge in [0.25, 0.3) is 0 Å². The Labute approximate surface area is 92.4 Å². The Bertz CT molecular complexity index is 554. The van der Waals surface area contributed by atoms with Crippen LogP contribution in [-0.4, -0.2) is 21.2 Å². The molecule has 2 aromatic rings. The van der Waals surface area contributed by atoms with E-state index in [0.29, 0.717) is 0 Å². The van der Waals surface area contributed by atoms with Gasteiger partial charge in [-0.15, -0.1) is 0 Å². The summed E-state index contributed by atoms with van der Waals surface area (Å²) in [5, 5.41) is 1.67. The average Bonchev–Trinajstić information content (AvgIpc) is 2.29. The van der Waals surface area contributed by atoms with Gasteiger partial charge in [-0.2, -0.15) is 0 Å². The van der Waals surface area contributed by atoms with Crippen LogP contribution in [0.1, 0.15) is 12.6 Å². The van der Waals surface area contributed by atoms with Crippen LogP contribution in [-0.2, 0) is 0 Å². The van der Waals surface area contributed by atoms with Crippen LogP contribution in [0.5, 0.6) is 0 Å². The van der Waals surface area contributed by atoms with Crippen LogP contribution in [0.25, 0.3) is 10.9 Å². The van der Waals surface area contributed by atoms with Gasteiger partial charge in [0.15, 0.2) is 5.16 Å². The summed E-state index contributed by atoms with van der Waals surface area (Å²) < 4.78 is 0. The molecule has 0 fully saturated rings. The van der Waals surface area contributed by atoms with Gasteiger partial charge in [-0.1, -0.05) is 17.7 Å². The topological polar surface area (TPSA) is 38.7 Å². The molecule has 0 aromatic carbocycles. The molecule has 4 heteroatoms. The van der Waals surface area contributed by atoms with Gasteiger partial charge in [-0.05, 0) is 25.2 Å². The monoisotopic (exact) mass is 215 g/mol. The molecule has 0 spiro atoms. The van der Waals surface area contributed by atoms with Gasteiger partial charge in [0.05, 0.1) is 10.9 Å². The van der Waals surface area contributed by atoms with E-state index in [1.54, 1.807) is 19.3 Å². The van der Waals surface area contributed by atoms with Gasteiger partial charge in [-0.3, -0.25) is 0 Å². The minimum atomic E-state index is 0.739. The Morgan fingerprint density at radius 3 is 2.93 bits per heavy atom. The molecule has 2 aromatic heterocycles. The largest absolute Gasteiger partial charge is 0.247 e. The summed E-state index contributed by atoms with van der Waals surface area (Å²) in [6, 6.07) is 1.87. The number of pyridine rings is 1. The Morgan fingerprint density at radius 2 is 2.20 bits per heavy atom. The molecule has 0 amide bonds. The van der Waals surface area contributed by atoms with E-state index in [4.69, 9.17) is 0 Å². The lowest BCUT2D eigenvalue weighted by atomic mass is 10.2. The highest BCUT2D eigenvalue weighted by Crippen LogP contribution is 2.16. The van der Waals surface area contributed by atoms with Gasteiger partial charge < -0.3 is 0 Å².